The van der Waals surface area contributed by atoms with E-state index < -0.39 is 0 Å². The Kier molecular flexibility index (Phi) is 5.70. The van der Waals surface area contributed by atoms with Crippen LogP contribution in [0.4, 0.5) is 0 Å². The first-order chi connectivity index (χ1) is 8.19. The number of amides is 1. The molecule has 1 aromatic rings. The van der Waals surface area contributed by atoms with Crippen molar-refractivity contribution < 1.29 is 9.90 Å². The monoisotopic (exact) mass is 235 g/mol. The van der Waals surface area contributed by atoms with Gasteiger partial charge < -0.3 is 10.4 Å². The topological polar surface area (TPSA) is 49.3 Å². The summed E-state index contributed by atoms with van der Waals surface area (Å²) in [5, 5.41) is 11.4. The molecular formula is C14H21NO2. The first-order valence-electron chi connectivity index (χ1n) is 6.18. The van der Waals surface area contributed by atoms with E-state index in [1.165, 1.54) is 5.56 Å². The maximum atomic E-state index is 11.7. The normalized spacial score (nSPS) is 12.2. The highest BCUT2D eigenvalue weighted by Gasteiger charge is 2.06. The third-order valence-electron chi connectivity index (χ3n) is 2.97. The van der Waals surface area contributed by atoms with Gasteiger partial charge in [0.1, 0.15) is 0 Å². The molecule has 0 aromatic heterocycles. The zero-order valence-corrected chi connectivity index (χ0v) is 10.6. The van der Waals surface area contributed by atoms with Gasteiger partial charge in [-0.3, -0.25) is 4.79 Å². The summed E-state index contributed by atoms with van der Waals surface area (Å²) in [6, 6.07) is 7.73. The Morgan fingerprint density at radius 2 is 2.00 bits per heavy atom. The Morgan fingerprint density at radius 3 is 2.53 bits per heavy atom. The van der Waals surface area contributed by atoms with Crippen molar-refractivity contribution in [2.24, 2.45) is 0 Å². The van der Waals surface area contributed by atoms with Crippen molar-refractivity contribution in [1.82, 2.24) is 5.32 Å². The molecule has 0 spiro atoms. The Bertz CT molecular complexity index is 346. The van der Waals surface area contributed by atoms with Crippen LogP contribution in [0.2, 0.25) is 0 Å². The molecule has 1 atom stereocenters. The second-order valence-electron chi connectivity index (χ2n) is 4.26. The van der Waals surface area contributed by atoms with Gasteiger partial charge in [0.2, 0.25) is 0 Å². The molecule has 0 aliphatic carbocycles. The van der Waals surface area contributed by atoms with Crippen molar-refractivity contribution in [3.8, 4) is 0 Å². The average molecular weight is 235 g/mol. The molecule has 1 rings (SSSR count). The fourth-order valence-corrected chi connectivity index (χ4v) is 1.58. The van der Waals surface area contributed by atoms with Gasteiger partial charge in [0, 0.05) is 18.7 Å². The Hall–Kier alpha value is -1.35. The lowest BCUT2D eigenvalue weighted by molar-refractivity contribution is 0.0951. The van der Waals surface area contributed by atoms with E-state index in [1.54, 1.807) is 0 Å². The second-order valence-corrected chi connectivity index (χ2v) is 4.26. The van der Waals surface area contributed by atoms with E-state index in [1.807, 2.05) is 24.3 Å². The molecular weight excluding hydrogens is 214 g/mol. The lowest BCUT2D eigenvalue weighted by atomic mass is 9.97. The largest absolute Gasteiger partial charge is 0.396 e. The highest BCUT2D eigenvalue weighted by molar-refractivity contribution is 5.94. The van der Waals surface area contributed by atoms with Crippen LogP contribution >= 0.6 is 0 Å². The van der Waals surface area contributed by atoms with Gasteiger partial charge in [0.15, 0.2) is 0 Å². The van der Waals surface area contributed by atoms with Crippen LogP contribution in [0.25, 0.3) is 0 Å². The van der Waals surface area contributed by atoms with E-state index >= 15 is 0 Å². The van der Waals surface area contributed by atoms with Crippen LogP contribution in [0.15, 0.2) is 24.3 Å². The standard InChI is InChI=1S/C14H21NO2/c1-3-11(2)12-5-7-13(8-6-12)14(17)15-9-4-10-16/h5-8,11,16H,3-4,9-10H2,1-2H3,(H,15,17). The van der Waals surface area contributed by atoms with Crippen molar-refractivity contribution in [3.05, 3.63) is 35.4 Å². The van der Waals surface area contributed by atoms with E-state index in [4.69, 9.17) is 5.11 Å². The molecule has 0 saturated heterocycles. The number of aliphatic hydroxyl groups excluding tert-OH is 1. The highest BCUT2D eigenvalue weighted by atomic mass is 16.3. The quantitative estimate of drug-likeness (QED) is 0.743. The fourth-order valence-electron chi connectivity index (χ4n) is 1.58. The maximum Gasteiger partial charge on any atom is 0.251 e. The number of hydrogen-bond donors (Lipinski definition) is 2. The van der Waals surface area contributed by atoms with Crippen molar-refractivity contribution in [2.45, 2.75) is 32.6 Å². The van der Waals surface area contributed by atoms with Crippen molar-refractivity contribution in [3.63, 3.8) is 0 Å². The van der Waals surface area contributed by atoms with Gasteiger partial charge >= 0.3 is 0 Å². The van der Waals surface area contributed by atoms with Gasteiger partial charge in [0.05, 0.1) is 0 Å². The van der Waals surface area contributed by atoms with Gasteiger partial charge in [-0.05, 0) is 36.5 Å². The van der Waals surface area contributed by atoms with Crippen LogP contribution in [-0.4, -0.2) is 24.2 Å². The summed E-state index contributed by atoms with van der Waals surface area (Å²) in [7, 11) is 0. The van der Waals surface area contributed by atoms with Gasteiger partial charge in [-0.2, -0.15) is 0 Å². The van der Waals surface area contributed by atoms with Crippen LogP contribution in [0, 0.1) is 0 Å². The molecule has 94 valence electrons. The van der Waals surface area contributed by atoms with Gasteiger partial charge in [-0.25, -0.2) is 0 Å². The first kappa shape index (κ1) is 13.7. The highest BCUT2D eigenvalue weighted by Crippen LogP contribution is 2.18. The number of rotatable bonds is 6. The van der Waals surface area contributed by atoms with Crippen molar-refractivity contribution in [2.75, 3.05) is 13.2 Å². The summed E-state index contributed by atoms with van der Waals surface area (Å²) in [5.41, 5.74) is 1.94. The van der Waals surface area contributed by atoms with Crippen molar-refractivity contribution in [1.29, 1.82) is 0 Å². The van der Waals surface area contributed by atoms with E-state index in [-0.39, 0.29) is 12.5 Å². The van der Waals surface area contributed by atoms with Gasteiger partial charge in [0.25, 0.3) is 5.91 Å². The third kappa shape index (κ3) is 4.19. The number of carbonyl (C=O) groups excluding carboxylic acids is 1. The minimum absolute atomic E-state index is 0.0749. The lowest BCUT2D eigenvalue weighted by Gasteiger charge is -2.09. The molecule has 3 heteroatoms. The SMILES string of the molecule is CCC(C)c1ccc(C(=O)NCCCO)cc1. The smallest absolute Gasteiger partial charge is 0.251 e. The molecule has 0 fully saturated rings. The molecule has 0 aliphatic heterocycles. The van der Waals surface area contributed by atoms with E-state index in [0.717, 1.165) is 6.42 Å². The van der Waals surface area contributed by atoms with Crippen LogP contribution in [0.3, 0.4) is 0 Å². The summed E-state index contributed by atoms with van der Waals surface area (Å²) in [5.74, 6) is 0.454. The Morgan fingerprint density at radius 1 is 1.35 bits per heavy atom. The molecule has 0 heterocycles. The van der Waals surface area contributed by atoms with Crippen LogP contribution in [-0.2, 0) is 0 Å². The summed E-state index contributed by atoms with van der Waals surface area (Å²) in [4.78, 5) is 11.7. The molecule has 17 heavy (non-hydrogen) atoms. The van der Waals surface area contributed by atoms with Crippen LogP contribution < -0.4 is 5.32 Å². The predicted molar refractivity (Wildman–Crippen MR) is 69.2 cm³/mol. The second kappa shape index (κ2) is 7.07. The third-order valence-corrected chi connectivity index (χ3v) is 2.97. The molecule has 2 N–H and O–H groups in total. The number of hydrogen-bond acceptors (Lipinski definition) is 2. The fraction of sp³-hybridized carbons (Fsp3) is 0.500. The predicted octanol–water partition coefficient (Wildman–Crippen LogP) is 2.31. The minimum Gasteiger partial charge on any atom is -0.396 e. The number of carbonyl (C=O) groups is 1. The van der Waals surface area contributed by atoms with Crippen molar-refractivity contribution >= 4 is 5.91 Å². The molecule has 1 unspecified atom stereocenters. The molecule has 1 amide bonds. The molecule has 0 aliphatic rings. The van der Waals surface area contributed by atoms with E-state index in [2.05, 4.69) is 19.2 Å². The number of nitrogens with one attached hydrogen (secondary N) is 1. The summed E-state index contributed by atoms with van der Waals surface area (Å²) in [6.45, 7) is 4.95. The van der Waals surface area contributed by atoms with E-state index in [0.29, 0.717) is 24.4 Å². The summed E-state index contributed by atoms with van der Waals surface area (Å²) in [6.07, 6.45) is 1.69. The maximum absolute atomic E-state index is 11.7. The summed E-state index contributed by atoms with van der Waals surface area (Å²) >= 11 is 0. The first-order valence-corrected chi connectivity index (χ1v) is 6.18. The molecule has 1 aromatic carbocycles. The summed E-state index contributed by atoms with van der Waals surface area (Å²) < 4.78 is 0. The Labute approximate surface area is 103 Å². The molecule has 0 radical (unpaired) electrons. The Balaban J connectivity index is 2.58. The average Bonchev–Trinajstić information content (AvgIpc) is 2.38. The minimum atomic E-state index is -0.0749. The zero-order valence-electron chi connectivity index (χ0n) is 10.6. The number of benzene rings is 1. The van der Waals surface area contributed by atoms with Gasteiger partial charge in [-0.15, -0.1) is 0 Å². The van der Waals surface area contributed by atoms with Crippen LogP contribution in [0.1, 0.15) is 48.5 Å². The zero-order chi connectivity index (χ0) is 12.7. The van der Waals surface area contributed by atoms with E-state index in [9.17, 15) is 4.79 Å². The molecule has 0 saturated carbocycles. The molecule has 0 bridgehead atoms. The van der Waals surface area contributed by atoms with Gasteiger partial charge in [-0.1, -0.05) is 26.0 Å². The van der Waals surface area contributed by atoms with Crippen LogP contribution in [0.5, 0.6) is 0 Å². The lowest BCUT2D eigenvalue weighted by Crippen LogP contribution is -2.24. The number of aliphatic hydroxyl groups is 1. The molecule has 3 nitrogen and oxygen atoms in total.